The second kappa shape index (κ2) is 6.23. The summed E-state index contributed by atoms with van der Waals surface area (Å²) in [5, 5.41) is 2.52. The summed E-state index contributed by atoms with van der Waals surface area (Å²) < 4.78 is 6.68. The van der Waals surface area contributed by atoms with Crippen LogP contribution in [0.2, 0.25) is 0 Å². The Morgan fingerprint density at radius 1 is 1.19 bits per heavy atom. The number of carbonyl (C=O) groups is 1. The lowest BCUT2D eigenvalue weighted by molar-refractivity contribution is 0.0957. The van der Waals surface area contributed by atoms with E-state index in [4.69, 9.17) is 16.3 Å². The molecule has 1 unspecified atom stereocenters. The molecule has 1 atom stereocenters. The topological polar surface area (TPSA) is 38.3 Å². The number of benzene rings is 2. The second-order valence-corrected chi connectivity index (χ2v) is 6.46. The van der Waals surface area contributed by atoms with Gasteiger partial charge in [0.25, 0.3) is 5.91 Å². The molecular weight excluding hydrogens is 401 g/mol. The number of fused-ring (bicyclic) bond motifs is 1. The Labute approximate surface area is 141 Å². The average molecular weight is 414 g/mol. The van der Waals surface area contributed by atoms with E-state index in [1.165, 1.54) is 0 Å². The summed E-state index contributed by atoms with van der Waals surface area (Å²) in [6.45, 7) is 1.00. The minimum Gasteiger partial charge on any atom is -0.491 e. The molecule has 0 spiro atoms. The van der Waals surface area contributed by atoms with Crippen molar-refractivity contribution < 1.29 is 9.53 Å². The number of halogens is 2. The van der Waals surface area contributed by atoms with Crippen molar-refractivity contribution in [2.75, 3.05) is 13.2 Å². The third kappa shape index (κ3) is 3.16. The van der Waals surface area contributed by atoms with E-state index in [9.17, 15) is 4.79 Å². The maximum atomic E-state index is 12.0. The molecule has 1 aliphatic rings. The number of rotatable bonds is 2. The molecule has 0 bridgehead atoms. The number of amides is 1. The Morgan fingerprint density at radius 3 is 2.81 bits per heavy atom. The molecule has 0 aliphatic carbocycles. The first kappa shape index (κ1) is 14.7. The molecule has 3 rings (SSSR count). The lowest BCUT2D eigenvalue weighted by atomic mass is 10.0. The van der Waals surface area contributed by atoms with Crippen LogP contribution in [0.25, 0.3) is 0 Å². The van der Waals surface area contributed by atoms with Gasteiger partial charge in [0.1, 0.15) is 12.4 Å². The van der Waals surface area contributed by atoms with Gasteiger partial charge in [0.2, 0.25) is 0 Å². The Morgan fingerprint density at radius 2 is 2.00 bits per heavy atom. The van der Waals surface area contributed by atoms with Gasteiger partial charge in [0, 0.05) is 3.57 Å². The molecule has 2 aromatic carbocycles. The third-order valence-electron chi connectivity index (χ3n) is 3.33. The molecule has 1 heterocycles. The number of carbonyl (C=O) groups excluding carboxylic acids is 1. The Balaban J connectivity index is 1.98. The molecule has 0 saturated heterocycles. The van der Waals surface area contributed by atoms with Crippen LogP contribution in [-0.2, 0) is 0 Å². The van der Waals surface area contributed by atoms with Crippen LogP contribution in [0.1, 0.15) is 26.9 Å². The molecular formula is C16H13ClINO2. The van der Waals surface area contributed by atoms with Gasteiger partial charge in [-0.2, -0.15) is 0 Å². The van der Waals surface area contributed by atoms with E-state index in [1.807, 2.05) is 42.5 Å². The van der Waals surface area contributed by atoms with Crippen LogP contribution in [0.5, 0.6) is 5.75 Å². The zero-order valence-corrected chi connectivity index (χ0v) is 14.0. The predicted octanol–water partition coefficient (Wildman–Crippen LogP) is 3.74. The van der Waals surface area contributed by atoms with Gasteiger partial charge < -0.3 is 10.1 Å². The van der Waals surface area contributed by atoms with Gasteiger partial charge in [-0.1, -0.05) is 18.2 Å². The van der Waals surface area contributed by atoms with E-state index in [0.29, 0.717) is 24.5 Å². The number of hydrogen-bond acceptors (Lipinski definition) is 2. The molecule has 0 saturated carbocycles. The van der Waals surface area contributed by atoms with Crippen LogP contribution < -0.4 is 10.1 Å². The molecule has 1 aliphatic heterocycles. The Kier molecular flexibility index (Phi) is 4.35. The minimum absolute atomic E-state index is 0.115. The fourth-order valence-corrected chi connectivity index (χ4v) is 3.12. The smallest absolute Gasteiger partial charge is 0.255 e. The molecule has 0 fully saturated rings. The van der Waals surface area contributed by atoms with Gasteiger partial charge in [0.05, 0.1) is 17.5 Å². The summed E-state index contributed by atoms with van der Waals surface area (Å²) >= 11 is 8.82. The largest absolute Gasteiger partial charge is 0.491 e. The highest BCUT2D eigenvalue weighted by Gasteiger charge is 2.19. The molecule has 108 valence electrons. The number of hydrogen-bond donors (Lipinski definition) is 1. The molecule has 21 heavy (non-hydrogen) atoms. The van der Waals surface area contributed by atoms with Gasteiger partial charge in [-0.3, -0.25) is 4.79 Å². The van der Waals surface area contributed by atoms with Crippen LogP contribution in [0.4, 0.5) is 0 Å². The highest BCUT2D eigenvalue weighted by molar-refractivity contribution is 14.1. The molecule has 2 aromatic rings. The molecule has 1 N–H and O–H groups in total. The van der Waals surface area contributed by atoms with E-state index < -0.39 is 0 Å². The quantitative estimate of drug-likeness (QED) is 0.602. The van der Waals surface area contributed by atoms with Crippen molar-refractivity contribution in [1.82, 2.24) is 5.32 Å². The van der Waals surface area contributed by atoms with Crippen molar-refractivity contribution in [3.05, 3.63) is 62.7 Å². The van der Waals surface area contributed by atoms with Crippen LogP contribution in [0.3, 0.4) is 0 Å². The van der Waals surface area contributed by atoms with Crippen molar-refractivity contribution in [2.24, 2.45) is 0 Å². The average Bonchev–Trinajstić information content (AvgIpc) is 2.68. The van der Waals surface area contributed by atoms with Crippen LogP contribution >= 0.6 is 34.2 Å². The SMILES string of the molecule is O=C1NCCOc2ccc(C(Cl)c3cccc(I)c3)cc21. The second-order valence-electron chi connectivity index (χ2n) is 4.78. The third-order valence-corrected chi connectivity index (χ3v) is 4.50. The predicted molar refractivity (Wildman–Crippen MR) is 91.1 cm³/mol. The maximum absolute atomic E-state index is 12.0. The molecule has 5 heteroatoms. The molecule has 1 amide bonds. The zero-order chi connectivity index (χ0) is 14.8. The highest BCUT2D eigenvalue weighted by atomic mass is 127. The number of ether oxygens (including phenoxy) is 1. The van der Waals surface area contributed by atoms with E-state index >= 15 is 0 Å². The van der Waals surface area contributed by atoms with E-state index in [2.05, 4.69) is 27.9 Å². The fraction of sp³-hybridized carbons (Fsp3) is 0.188. The number of alkyl halides is 1. The van der Waals surface area contributed by atoms with Gasteiger partial charge in [-0.15, -0.1) is 11.6 Å². The summed E-state index contributed by atoms with van der Waals surface area (Å²) in [5.41, 5.74) is 2.44. The summed E-state index contributed by atoms with van der Waals surface area (Å²) in [6, 6.07) is 13.6. The minimum atomic E-state index is -0.291. The molecule has 0 aromatic heterocycles. The first-order valence-corrected chi connectivity index (χ1v) is 8.11. The van der Waals surface area contributed by atoms with E-state index in [0.717, 1.165) is 14.7 Å². The van der Waals surface area contributed by atoms with Gasteiger partial charge in [-0.05, 0) is 58.0 Å². The first-order chi connectivity index (χ1) is 10.1. The summed E-state index contributed by atoms with van der Waals surface area (Å²) in [6.07, 6.45) is 0. The summed E-state index contributed by atoms with van der Waals surface area (Å²) in [7, 11) is 0. The summed E-state index contributed by atoms with van der Waals surface area (Å²) in [5.74, 6) is 0.496. The van der Waals surface area contributed by atoms with Crippen LogP contribution in [0.15, 0.2) is 42.5 Å². The zero-order valence-electron chi connectivity index (χ0n) is 11.1. The van der Waals surface area contributed by atoms with Crippen molar-refractivity contribution in [3.8, 4) is 5.75 Å². The van der Waals surface area contributed by atoms with Gasteiger partial charge in [-0.25, -0.2) is 0 Å². The number of nitrogens with one attached hydrogen (secondary N) is 1. The van der Waals surface area contributed by atoms with Crippen LogP contribution in [-0.4, -0.2) is 19.1 Å². The van der Waals surface area contributed by atoms with Crippen LogP contribution in [0, 0.1) is 3.57 Å². The monoisotopic (exact) mass is 413 g/mol. The lowest BCUT2D eigenvalue weighted by Crippen LogP contribution is -2.24. The standard InChI is InChI=1S/C16H13ClINO2/c17-15(10-2-1-3-12(18)8-10)11-4-5-14-13(9-11)16(20)19-6-7-21-14/h1-5,8-9,15H,6-7H2,(H,19,20). The molecule has 0 radical (unpaired) electrons. The Bertz CT molecular complexity index is 690. The van der Waals surface area contributed by atoms with Gasteiger partial charge >= 0.3 is 0 Å². The summed E-state index contributed by atoms with van der Waals surface area (Å²) in [4.78, 5) is 12.0. The van der Waals surface area contributed by atoms with E-state index in [-0.39, 0.29) is 11.3 Å². The van der Waals surface area contributed by atoms with Crippen molar-refractivity contribution in [3.63, 3.8) is 0 Å². The maximum Gasteiger partial charge on any atom is 0.255 e. The fourth-order valence-electron chi connectivity index (χ4n) is 2.29. The highest BCUT2D eigenvalue weighted by Crippen LogP contribution is 2.32. The normalized spacial score (nSPS) is 15.4. The lowest BCUT2D eigenvalue weighted by Gasteiger charge is -2.13. The molecule has 3 nitrogen and oxygen atoms in total. The van der Waals surface area contributed by atoms with Crippen molar-refractivity contribution in [1.29, 1.82) is 0 Å². The first-order valence-electron chi connectivity index (χ1n) is 6.59. The Hall–Kier alpha value is -1.27. The van der Waals surface area contributed by atoms with E-state index in [1.54, 1.807) is 0 Å². The van der Waals surface area contributed by atoms with Crippen molar-refractivity contribution in [2.45, 2.75) is 5.38 Å². The van der Waals surface area contributed by atoms with Crippen molar-refractivity contribution >= 4 is 40.1 Å². The van der Waals surface area contributed by atoms with Gasteiger partial charge in [0.15, 0.2) is 0 Å².